The predicted molar refractivity (Wildman–Crippen MR) is 120 cm³/mol. The van der Waals surface area contributed by atoms with Gasteiger partial charge >= 0.3 is 0 Å². The smallest absolute Gasteiger partial charge is 0.243 e. The average molecular weight is 440 g/mol. The van der Waals surface area contributed by atoms with Crippen LogP contribution < -0.4 is 10.6 Å². The first-order valence-electron chi connectivity index (χ1n) is 11.1. The van der Waals surface area contributed by atoms with E-state index in [1.54, 1.807) is 29.4 Å². The molecule has 1 aliphatic heterocycles. The zero-order valence-corrected chi connectivity index (χ0v) is 19.2. The van der Waals surface area contributed by atoms with Crippen LogP contribution in [0.2, 0.25) is 0 Å². The molecule has 1 aliphatic rings. The Bertz CT molecular complexity index is 760. The minimum absolute atomic E-state index is 0.178. The van der Waals surface area contributed by atoms with Crippen molar-refractivity contribution >= 4 is 21.6 Å². The van der Waals surface area contributed by atoms with E-state index in [1.165, 1.54) is 0 Å². The van der Waals surface area contributed by atoms with Gasteiger partial charge in [0.05, 0.1) is 11.4 Å². The molecular weight excluding hydrogens is 402 g/mol. The topological polar surface area (TPSA) is 87.7 Å². The number of sulfonamides is 1. The van der Waals surface area contributed by atoms with Crippen molar-refractivity contribution < 1.29 is 17.9 Å². The molecule has 0 radical (unpaired) electrons. The maximum Gasteiger partial charge on any atom is 0.243 e. The lowest BCUT2D eigenvalue weighted by molar-refractivity contribution is -0.115. The number of carbonyl (C=O) groups excluding carboxylic acids is 1. The monoisotopic (exact) mass is 439 g/mol. The molecule has 1 amide bonds. The molecule has 0 saturated carbocycles. The van der Waals surface area contributed by atoms with E-state index in [0.29, 0.717) is 37.5 Å². The van der Waals surface area contributed by atoms with E-state index >= 15 is 0 Å². The number of anilines is 1. The first kappa shape index (κ1) is 24.8. The van der Waals surface area contributed by atoms with E-state index in [9.17, 15) is 13.2 Å². The fourth-order valence-corrected chi connectivity index (χ4v) is 5.20. The van der Waals surface area contributed by atoms with E-state index in [1.807, 2.05) is 0 Å². The predicted octanol–water partition coefficient (Wildman–Crippen LogP) is 3.29. The third-order valence-corrected chi connectivity index (χ3v) is 7.27. The van der Waals surface area contributed by atoms with Crippen molar-refractivity contribution in [2.24, 2.45) is 0 Å². The Balaban J connectivity index is 1.86. The number of amides is 1. The van der Waals surface area contributed by atoms with Crippen LogP contribution in [0.25, 0.3) is 0 Å². The van der Waals surface area contributed by atoms with Gasteiger partial charge in [0, 0.05) is 32.0 Å². The number of unbranched alkanes of at least 4 members (excludes halogenated alkanes) is 1. The third kappa shape index (κ3) is 7.98. The number of benzene rings is 1. The molecule has 30 heavy (non-hydrogen) atoms. The summed E-state index contributed by atoms with van der Waals surface area (Å²) in [5.74, 6) is -0.191. The van der Waals surface area contributed by atoms with Crippen molar-refractivity contribution in [2.45, 2.75) is 63.7 Å². The molecule has 2 N–H and O–H groups in total. The first-order valence-corrected chi connectivity index (χ1v) is 12.6. The Hall–Kier alpha value is -1.48. The summed E-state index contributed by atoms with van der Waals surface area (Å²) in [5, 5.41) is 5.89. The Morgan fingerprint density at radius 1 is 1.10 bits per heavy atom. The number of rotatable bonds is 12. The number of hydrogen-bond acceptors (Lipinski definition) is 5. The van der Waals surface area contributed by atoms with E-state index < -0.39 is 10.0 Å². The highest BCUT2D eigenvalue weighted by atomic mass is 32.2. The van der Waals surface area contributed by atoms with Gasteiger partial charge in [-0.25, -0.2) is 8.42 Å². The van der Waals surface area contributed by atoms with Crippen LogP contribution in [-0.2, 0) is 19.6 Å². The minimum atomic E-state index is -3.56. The fraction of sp³-hybridized carbons (Fsp3) is 0.682. The molecule has 1 aromatic rings. The van der Waals surface area contributed by atoms with Crippen LogP contribution >= 0.6 is 0 Å². The van der Waals surface area contributed by atoms with E-state index in [0.717, 1.165) is 51.6 Å². The molecule has 0 spiro atoms. The lowest BCUT2D eigenvalue weighted by Crippen LogP contribution is -2.32. The minimum Gasteiger partial charge on any atom is -0.381 e. The lowest BCUT2D eigenvalue weighted by atomic mass is 10.2. The summed E-state index contributed by atoms with van der Waals surface area (Å²) in [6.45, 7) is 7.39. The highest BCUT2D eigenvalue weighted by molar-refractivity contribution is 7.89. The van der Waals surface area contributed by atoms with Crippen LogP contribution in [0.4, 0.5) is 5.69 Å². The summed E-state index contributed by atoms with van der Waals surface area (Å²) >= 11 is 0. The van der Waals surface area contributed by atoms with Gasteiger partial charge in [-0.15, -0.1) is 0 Å². The summed E-state index contributed by atoms with van der Waals surface area (Å²) in [4.78, 5) is 12.5. The molecule has 7 nitrogen and oxygen atoms in total. The molecule has 1 fully saturated rings. The molecular formula is C22H37N3O4S. The first-order chi connectivity index (χ1) is 14.4. The fourth-order valence-electron chi connectivity index (χ4n) is 3.43. The molecule has 1 aromatic carbocycles. The van der Waals surface area contributed by atoms with E-state index in [-0.39, 0.29) is 17.3 Å². The molecule has 0 atom stereocenters. The standard InChI is InChI=1S/C22H37N3O4S/c1-3-4-15-29-16-9-12-23-18-22(26)24-20-11-10-19(2)21(17-20)30(27,28)25-13-7-5-6-8-14-25/h10-11,17,23H,3-9,12-16,18H2,1-2H3,(H,24,26). The van der Waals surface area contributed by atoms with Crippen molar-refractivity contribution in [2.75, 3.05) is 44.7 Å². The highest BCUT2D eigenvalue weighted by Crippen LogP contribution is 2.25. The molecule has 1 saturated heterocycles. The average Bonchev–Trinajstić information content (AvgIpc) is 3.01. The molecule has 0 aromatic heterocycles. The van der Waals surface area contributed by atoms with Gasteiger partial charge in [-0.2, -0.15) is 4.31 Å². The van der Waals surface area contributed by atoms with Gasteiger partial charge in [-0.05, 0) is 56.8 Å². The van der Waals surface area contributed by atoms with Crippen LogP contribution in [0.1, 0.15) is 57.4 Å². The molecule has 0 bridgehead atoms. The normalized spacial score (nSPS) is 15.7. The number of hydrogen-bond donors (Lipinski definition) is 2. The van der Waals surface area contributed by atoms with E-state index in [2.05, 4.69) is 17.6 Å². The van der Waals surface area contributed by atoms with Crippen LogP contribution in [0.3, 0.4) is 0 Å². The molecule has 0 aliphatic carbocycles. The van der Waals surface area contributed by atoms with Crippen molar-refractivity contribution in [3.63, 3.8) is 0 Å². The SMILES string of the molecule is CCCCOCCCNCC(=O)Nc1ccc(C)c(S(=O)(=O)N2CCCCCC2)c1. The molecule has 8 heteroatoms. The number of ether oxygens (including phenoxy) is 1. The zero-order valence-electron chi connectivity index (χ0n) is 18.4. The van der Waals surface area contributed by atoms with Crippen LogP contribution in [0.15, 0.2) is 23.1 Å². The van der Waals surface area contributed by atoms with Gasteiger partial charge in [0.1, 0.15) is 0 Å². The quantitative estimate of drug-likeness (QED) is 0.488. The van der Waals surface area contributed by atoms with E-state index in [4.69, 9.17) is 4.74 Å². The van der Waals surface area contributed by atoms with Gasteiger partial charge in [0.2, 0.25) is 15.9 Å². The molecule has 2 rings (SSSR count). The molecule has 1 heterocycles. The van der Waals surface area contributed by atoms with Crippen molar-refractivity contribution in [1.29, 1.82) is 0 Å². The molecule has 0 unspecified atom stereocenters. The zero-order chi connectivity index (χ0) is 21.8. The Morgan fingerprint density at radius 2 is 1.80 bits per heavy atom. The third-order valence-electron chi connectivity index (χ3n) is 5.22. The second kappa shape index (κ2) is 13.0. The van der Waals surface area contributed by atoms with Gasteiger partial charge in [0.15, 0.2) is 0 Å². The van der Waals surface area contributed by atoms with Gasteiger partial charge in [-0.3, -0.25) is 4.79 Å². The maximum atomic E-state index is 13.1. The summed E-state index contributed by atoms with van der Waals surface area (Å²) in [6.07, 6.45) is 6.96. The maximum absolute atomic E-state index is 13.1. The highest BCUT2D eigenvalue weighted by Gasteiger charge is 2.27. The Morgan fingerprint density at radius 3 is 2.50 bits per heavy atom. The Kier molecular flexibility index (Phi) is 10.8. The van der Waals surface area contributed by atoms with Crippen LogP contribution in [0, 0.1) is 6.92 Å². The lowest BCUT2D eigenvalue weighted by Gasteiger charge is -2.21. The summed E-state index contributed by atoms with van der Waals surface area (Å²) in [6, 6.07) is 5.08. The summed E-state index contributed by atoms with van der Waals surface area (Å²) in [5.41, 5.74) is 1.20. The summed E-state index contributed by atoms with van der Waals surface area (Å²) in [7, 11) is -3.56. The largest absolute Gasteiger partial charge is 0.381 e. The van der Waals surface area contributed by atoms with Gasteiger partial charge < -0.3 is 15.4 Å². The second-order valence-electron chi connectivity index (χ2n) is 7.84. The van der Waals surface area contributed by atoms with Crippen LogP contribution in [0.5, 0.6) is 0 Å². The number of nitrogens with zero attached hydrogens (tertiary/aromatic N) is 1. The van der Waals surface area contributed by atoms with Gasteiger partial charge in [0.25, 0.3) is 0 Å². The second-order valence-corrected chi connectivity index (χ2v) is 9.75. The van der Waals surface area contributed by atoms with Crippen molar-refractivity contribution in [3.8, 4) is 0 Å². The number of carbonyl (C=O) groups is 1. The van der Waals surface area contributed by atoms with Gasteiger partial charge in [-0.1, -0.05) is 32.3 Å². The Labute approximate surface area is 181 Å². The van der Waals surface area contributed by atoms with Crippen LogP contribution in [-0.4, -0.2) is 58.0 Å². The summed E-state index contributed by atoms with van der Waals surface area (Å²) < 4.78 is 33.3. The number of nitrogens with one attached hydrogen (secondary N) is 2. The molecule has 170 valence electrons. The number of aryl methyl sites for hydroxylation is 1. The van der Waals surface area contributed by atoms with Crippen molar-refractivity contribution in [1.82, 2.24) is 9.62 Å². The van der Waals surface area contributed by atoms with Crippen molar-refractivity contribution in [3.05, 3.63) is 23.8 Å².